The van der Waals surface area contributed by atoms with Gasteiger partial charge in [-0.05, 0) is 0 Å². The summed E-state index contributed by atoms with van der Waals surface area (Å²) in [5.74, 6) is 0.0953. The van der Waals surface area contributed by atoms with Crippen molar-refractivity contribution in [3.8, 4) is 0 Å². The fraction of sp³-hybridized carbons (Fsp3) is 1.00. The summed E-state index contributed by atoms with van der Waals surface area (Å²) < 4.78 is 0. The molecule has 9 heteroatoms. The highest BCUT2D eigenvalue weighted by molar-refractivity contribution is 5.22. The fourth-order valence-corrected chi connectivity index (χ4v) is 5.30. The molecule has 8 saturated heterocycles. The van der Waals surface area contributed by atoms with E-state index >= 15 is 0 Å². The van der Waals surface area contributed by atoms with Crippen molar-refractivity contribution in [1.82, 2.24) is 39.5 Å². The fourth-order valence-electron chi connectivity index (χ4n) is 5.30. The summed E-state index contributed by atoms with van der Waals surface area (Å²) in [5.41, 5.74) is 0. The maximum Gasteiger partial charge on any atom is 0.189 e. The second-order valence-corrected chi connectivity index (χ2v) is 8.88. The number of hydrogen-bond acceptors (Lipinski definition) is 9. The van der Waals surface area contributed by atoms with Crippen LogP contribution in [0.2, 0.25) is 0 Å². The van der Waals surface area contributed by atoms with E-state index < -0.39 is 0 Å². The number of hydrogen-bond donors (Lipinski definition) is 0. The molecule has 9 nitrogen and oxygen atoms in total. The van der Waals surface area contributed by atoms with Gasteiger partial charge >= 0.3 is 0 Å². The molecule has 0 aromatic carbocycles. The Morgan fingerprint density at radius 3 is 1.04 bits per heavy atom. The highest BCUT2D eigenvalue weighted by atomic mass is 16.9. The first-order valence-corrected chi connectivity index (χ1v) is 10.1. The normalized spacial score (nSPS) is 49.9. The monoisotopic (exact) mass is 346 g/mol. The molecule has 0 N–H and O–H groups in total. The second-order valence-electron chi connectivity index (χ2n) is 8.88. The zero-order chi connectivity index (χ0) is 16.0. The number of hydroxylamine groups is 4. The quantitative estimate of drug-likeness (QED) is 0.437. The van der Waals surface area contributed by atoms with Gasteiger partial charge in [0.1, 0.15) is 12.3 Å². The molecule has 0 aliphatic carbocycles. The Kier molecular flexibility index (Phi) is 2.23. The lowest BCUT2D eigenvalue weighted by Gasteiger charge is -2.22. The molecule has 8 rings (SSSR count). The summed E-state index contributed by atoms with van der Waals surface area (Å²) in [6.45, 7) is 14.7. The Bertz CT molecular complexity index is 558. The van der Waals surface area contributed by atoms with Gasteiger partial charge in [0.15, 0.2) is 11.6 Å². The van der Waals surface area contributed by atoms with Gasteiger partial charge in [-0.1, -0.05) is 0 Å². The first kappa shape index (κ1) is 13.8. The smallest absolute Gasteiger partial charge is 0.189 e. The van der Waals surface area contributed by atoms with Gasteiger partial charge in [-0.3, -0.25) is 29.4 Å². The molecule has 8 fully saturated rings. The van der Waals surface area contributed by atoms with Crippen LogP contribution in [0.25, 0.3) is 0 Å². The molecule has 136 valence electrons. The summed E-state index contributed by atoms with van der Waals surface area (Å²) in [7, 11) is 0. The van der Waals surface area contributed by atoms with Crippen LogP contribution in [-0.2, 0) is 4.94 Å². The first-order valence-electron chi connectivity index (χ1n) is 10.1. The van der Waals surface area contributed by atoms with Gasteiger partial charge in [0.05, 0.1) is 0 Å². The van der Waals surface area contributed by atoms with E-state index in [1.54, 1.807) is 0 Å². The molecule has 4 atom stereocenters. The average Bonchev–Trinajstić information content (AvgIpc) is 3.41. The van der Waals surface area contributed by atoms with Crippen molar-refractivity contribution in [3.63, 3.8) is 0 Å². The minimum Gasteiger partial charge on any atom is -0.279 e. The summed E-state index contributed by atoms with van der Waals surface area (Å²) in [5, 5.41) is 4.68. The standard InChI is InChI=1S/C16H26N8O/c1-2-17(1)13-15(19-5-6-19,20-7-8-20)23(13)25-24-14(18-3-4-18)16(24,21-9-10-21)22-11-12-22/h13-14H,1-12H2. The topological polar surface area (TPSA) is 33.3 Å². The van der Waals surface area contributed by atoms with Gasteiger partial charge in [-0.2, -0.15) is 4.94 Å². The van der Waals surface area contributed by atoms with Gasteiger partial charge in [0.2, 0.25) is 0 Å². The zero-order valence-electron chi connectivity index (χ0n) is 14.6. The summed E-state index contributed by atoms with van der Waals surface area (Å²) >= 11 is 0. The van der Waals surface area contributed by atoms with Gasteiger partial charge in [0.25, 0.3) is 0 Å². The van der Waals surface area contributed by atoms with Crippen LogP contribution in [0.3, 0.4) is 0 Å². The van der Waals surface area contributed by atoms with Crippen molar-refractivity contribution in [2.45, 2.75) is 23.9 Å². The Morgan fingerprint density at radius 1 is 0.480 bits per heavy atom. The predicted octanol–water partition coefficient (Wildman–Crippen LogP) is -2.68. The molecule has 4 unspecified atom stereocenters. The van der Waals surface area contributed by atoms with E-state index in [9.17, 15) is 0 Å². The Morgan fingerprint density at radius 2 is 0.800 bits per heavy atom. The summed E-state index contributed by atoms with van der Waals surface area (Å²) in [6.07, 6.45) is 0.878. The van der Waals surface area contributed by atoms with E-state index in [0.29, 0.717) is 12.3 Å². The maximum absolute atomic E-state index is 6.75. The van der Waals surface area contributed by atoms with Crippen LogP contribution >= 0.6 is 0 Å². The molecule has 0 aromatic heterocycles. The van der Waals surface area contributed by atoms with Gasteiger partial charge in [0, 0.05) is 78.5 Å². The maximum atomic E-state index is 6.75. The van der Waals surface area contributed by atoms with Crippen molar-refractivity contribution in [2.75, 3.05) is 78.5 Å². The van der Waals surface area contributed by atoms with Gasteiger partial charge < -0.3 is 0 Å². The minimum absolute atomic E-state index is 0.0477. The highest BCUT2D eigenvalue weighted by Gasteiger charge is 2.84. The van der Waals surface area contributed by atoms with Crippen LogP contribution in [0, 0.1) is 0 Å². The van der Waals surface area contributed by atoms with Crippen molar-refractivity contribution in [1.29, 1.82) is 0 Å². The molecule has 0 saturated carbocycles. The van der Waals surface area contributed by atoms with Crippen molar-refractivity contribution in [2.24, 2.45) is 0 Å². The molecule has 8 aliphatic rings. The molecular formula is C16H26N8O. The Balaban J connectivity index is 1.12. The van der Waals surface area contributed by atoms with Crippen molar-refractivity contribution in [3.05, 3.63) is 0 Å². The molecule has 25 heavy (non-hydrogen) atoms. The molecular weight excluding hydrogens is 320 g/mol. The average molecular weight is 346 g/mol. The lowest BCUT2D eigenvalue weighted by Crippen LogP contribution is -2.42. The first-order chi connectivity index (χ1) is 12.4. The SMILES string of the molecule is C1CN1C1N(ON2C(N3CC3)C2(N2CC2)N2CC2)C1(N1CC1)N1CC1. The van der Waals surface area contributed by atoms with E-state index in [2.05, 4.69) is 39.5 Å². The molecule has 0 radical (unpaired) electrons. The van der Waals surface area contributed by atoms with Crippen LogP contribution < -0.4 is 0 Å². The van der Waals surface area contributed by atoms with Crippen LogP contribution in [-0.4, -0.2) is 142 Å². The Labute approximate surface area is 147 Å². The van der Waals surface area contributed by atoms with Gasteiger partial charge in [-0.25, -0.2) is 0 Å². The van der Waals surface area contributed by atoms with Crippen LogP contribution in [0.5, 0.6) is 0 Å². The third-order valence-electron chi connectivity index (χ3n) is 7.13. The van der Waals surface area contributed by atoms with Crippen LogP contribution in [0.4, 0.5) is 0 Å². The largest absolute Gasteiger partial charge is 0.279 e. The van der Waals surface area contributed by atoms with E-state index in [-0.39, 0.29) is 11.6 Å². The summed E-state index contributed by atoms with van der Waals surface area (Å²) in [6, 6.07) is 0. The van der Waals surface area contributed by atoms with Crippen molar-refractivity contribution < 1.29 is 4.94 Å². The van der Waals surface area contributed by atoms with E-state index in [1.807, 2.05) is 0 Å². The van der Waals surface area contributed by atoms with Crippen LogP contribution in [0.1, 0.15) is 0 Å². The zero-order valence-corrected chi connectivity index (χ0v) is 14.6. The number of nitrogens with zero attached hydrogens (tertiary/aromatic N) is 8. The molecule has 0 amide bonds. The Hall–Kier alpha value is -0.360. The lowest BCUT2D eigenvalue weighted by atomic mass is 10.4. The molecule has 0 spiro atoms. The highest BCUT2D eigenvalue weighted by Crippen LogP contribution is 2.60. The predicted molar refractivity (Wildman–Crippen MR) is 87.2 cm³/mol. The van der Waals surface area contributed by atoms with Crippen LogP contribution in [0.15, 0.2) is 0 Å². The number of rotatable bonds is 8. The van der Waals surface area contributed by atoms with Gasteiger partial charge in [-0.15, -0.1) is 10.1 Å². The third-order valence-corrected chi connectivity index (χ3v) is 7.13. The molecule has 0 aromatic rings. The molecule has 8 heterocycles. The lowest BCUT2D eigenvalue weighted by molar-refractivity contribution is -0.284. The molecule has 0 bridgehead atoms. The minimum atomic E-state index is 0.0477. The van der Waals surface area contributed by atoms with E-state index in [4.69, 9.17) is 4.94 Å². The van der Waals surface area contributed by atoms with Crippen molar-refractivity contribution >= 4 is 0 Å². The van der Waals surface area contributed by atoms with E-state index in [0.717, 1.165) is 0 Å². The third kappa shape index (κ3) is 1.66. The second kappa shape index (κ2) is 4.06. The summed E-state index contributed by atoms with van der Waals surface area (Å²) in [4.78, 5) is 22.3. The molecule has 8 aliphatic heterocycles. The van der Waals surface area contributed by atoms with E-state index in [1.165, 1.54) is 78.5 Å².